The van der Waals surface area contributed by atoms with Crippen molar-refractivity contribution in [3.8, 4) is 0 Å². The number of carbonyl (C=O) groups excluding carboxylic acids is 1. The van der Waals surface area contributed by atoms with Crippen molar-refractivity contribution in [1.82, 2.24) is 0 Å². The van der Waals surface area contributed by atoms with Crippen LogP contribution in [0.4, 0.5) is 10.5 Å². The van der Waals surface area contributed by atoms with E-state index in [0.717, 1.165) is 0 Å². The average Bonchev–Trinajstić information content (AvgIpc) is 2.27. The van der Waals surface area contributed by atoms with Gasteiger partial charge in [0.25, 0.3) is 0 Å². The summed E-state index contributed by atoms with van der Waals surface area (Å²) in [5, 5.41) is 11.7. The summed E-state index contributed by atoms with van der Waals surface area (Å²) in [5.41, 5.74) is 1.25. The predicted octanol–water partition coefficient (Wildman–Crippen LogP) is 2.38. The summed E-state index contributed by atoms with van der Waals surface area (Å²) in [7, 11) is 0. The molecule has 88 valence electrons. The van der Waals surface area contributed by atoms with E-state index in [1.54, 1.807) is 24.3 Å². The van der Waals surface area contributed by atoms with Crippen LogP contribution in [0.5, 0.6) is 0 Å². The number of aliphatic hydroxyl groups excluding tert-OH is 1. The molecule has 16 heavy (non-hydrogen) atoms. The number of ether oxygens (including phenoxy) is 1. The molecule has 0 radical (unpaired) electrons. The third-order valence-electron chi connectivity index (χ3n) is 1.97. The predicted molar refractivity (Wildman–Crippen MR) is 62.2 cm³/mol. The van der Waals surface area contributed by atoms with Gasteiger partial charge in [0.05, 0.1) is 13.2 Å². The van der Waals surface area contributed by atoms with Crippen LogP contribution in [0, 0.1) is 5.92 Å². The first kappa shape index (κ1) is 12.5. The van der Waals surface area contributed by atoms with E-state index in [4.69, 9.17) is 9.84 Å². The van der Waals surface area contributed by atoms with Gasteiger partial charge in [0.2, 0.25) is 0 Å². The Balaban J connectivity index is 2.55. The van der Waals surface area contributed by atoms with Crippen LogP contribution in [0.3, 0.4) is 0 Å². The van der Waals surface area contributed by atoms with E-state index in [2.05, 4.69) is 5.32 Å². The SMILES string of the molecule is CC(C)COC(=O)Nc1ccccc1CO. The Labute approximate surface area is 95.2 Å². The first-order chi connectivity index (χ1) is 7.63. The van der Waals surface area contributed by atoms with Gasteiger partial charge in [0.1, 0.15) is 0 Å². The normalized spacial score (nSPS) is 10.2. The maximum absolute atomic E-state index is 11.4. The Hall–Kier alpha value is -1.55. The van der Waals surface area contributed by atoms with Gasteiger partial charge in [-0.1, -0.05) is 32.0 Å². The van der Waals surface area contributed by atoms with E-state index in [1.807, 2.05) is 13.8 Å². The molecule has 0 atom stereocenters. The molecule has 0 heterocycles. The fourth-order valence-corrected chi connectivity index (χ4v) is 1.17. The van der Waals surface area contributed by atoms with Gasteiger partial charge in [-0.2, -0.15) is 0 Å². The molecule has 0 spiro atoms. The molecule has 0 aromatic heterocycles. The molecule has 0 fully saturated rings. The van der Waals surface area contributed by atoms with Crippen LogP contribution in [-0.2, 0) is 11.3 Å². The lowest BCUT2D eigenvalue weighted by atomic mass is 10.2. The van der Waals surface area contributed by atoms with Crippen molar-refractivity contribution in [3.63, 3.8) is 0 Å². The Bertz CT molecular complexity index is 350. The number of amides is 1. The number of benzene rings is 1. The van der Waals surface area contributed by atoms with Crippen LogP contribution in [-0.4, -0.2) is 17.8 Å². The number of rotatable bonds is 4. The van der Waals surface area contributed by atoms with E-state index in [1.165, 1.54) is 0 Å². The van der Waals surface area contributed by atoms with Gasteiger partial charge in [-0.3, -0.25) is 5.32 Å². The van der Waals surface area contributed by atoms with Gasteiger partial charge in [-0.25, -0.2) is 4.79 Å². The maximum Gasteiger partial charge on any atom is 0.411 e. The highest BCUT2D eigenvalue weighted by Crippen LogP contribution is 2.14. The van der Waals surface area contributed by atoms with Gasteiger partial charge in [-0.05, 0) is 12.0 Å². The fourth-order valence-electron chi connectivity index (χ4n) is 1.17. The lowest BCUT2D eigenvalue weighted by molar-refractivity contribution is 0.147. The van der Waals surface area contributed by atoms with Crippen molar-refractivity contribution < 1.29 is 14.6 Å². The van der Waals surface area contributed by atoms with Gasteiger partial charge in [0, 0.05) is 11.3 Å². The number of anilines is 1. The van der Waals surface area contributed by atoms with E-state index in [0.29, 0.717) is 23.8 Å². The highest BCUT2D eigenvalue weighted by molar-refractivity contribution is 5.85. The van der Waals surface area contributed by atoms with Crippen molar-refractivity contribution in [1.29, 1.82) is 0 Å². The van der Waals surface area contributed by atoms with Crippen LogP contribution in [0.2, 0.25) is 0 Å². The molecule has 0 aliphatic heterocycles. The third kappa shape index (κ3) is 3.90. The molecule has 4 heteroatoms. The molecule has 1 rings (SSSR count). The van der Waals surface area contributed by atoms with Crippen molar-refractivity contribution >= 4 is 11.8 Å². The number of para-hydroxylation sites is 1. The highest BCUT2D eigenvalue weighted by atomic mass is 16.5. The van der Waals surface area contributed by atoms with Crippen LogP contribution < -0.4 is 5.32 Å². The minimum absolute atomic E-state index is 0.110. The first-order valence-corrected chi connectivity index (χ1v) is 5.26. The van der Waals surface area contributed by atoms with Crippen LogP contribution in [0.1, 0.15) is 19.4 Å². The second-order valence-electron chi connectivity index (χ2n) is 3.93. The van der Waals surface area contributed by atoms with Gasteiger partial charge >= 0.3 is 6.09 Å². The molecule has 0 saturated heterocycles. The number of hydrogen-bond acceptors (Lipinski definition) is 3. The quantitative estimate of drug-likeness (QED) is 0.824. The standard InChI is InChI=1S/C12H17NO3/c1-9(2)8-16-12(15)13-11-6-4-3-5-10(11)7-14/h3-6,9,14H,7-8H2,1-2H3,(H,13,15). The highest BCUT2D eigenvalue weighted by Gasteiger charge is 2.07. The summed E-state index contributed by atoms with van der Waals surface area (Å²) in [6, 6.07) is 7.06. The van der Waals surface area contributed by atoms with Crippen LogP contribution in [0.25, 0.3) is 0 Å². The molecule has 0 saturated carbocycles. The van der Waals surface area contributed by atoms with Gasteiger partial charge in [0.15, 0.2) is 0 Å². The van der Waals surface area contributed by atoms with Crippen LogP contribution in [0.15, 0.2) is 24.3 Å². The van der Waals surface area contributed by atoms with E-state index < -0.39 is 6.09 Å². The molecule has 0 unspecified atom stereocenters. The number of hydrogen-bond donors (Lipinski definition) is 2. The molecule has 1 aromatic carbocycles. The lowest BCUT2D eigenvalue weighted by Crippen LogP contribution is -2.17. The van der Waals surface area contributed by atoms with Crippen molar-refractivity contribution in [2.24, 2.45) is 5.92 Å². The van der Waals surface area contributed by atoms with Crippen molar-refractivity contribution in [2.75, 3.05) is 11.9 Å². The van der Waals surface area contributed by atoms with Crippen LogP contribution >= 0.6 is 0 Å². The smallest absolute Gasteiger partial charge is 0.411 e. The Morgan fingerprint density at radius 3 is 2.75 bits per heavy atom. The number of nitrogens with one attached hydrogen (secondary N) is 1. The molecular weight excluding hydrogens is 206 g/mol. The molecule has 0 aliphatic carbocycles. The van der Waals surface area contributed by atoms with E-state index in [-0.39, 0.29) is 6.61 Å². The second kappa shape index (κ2) is 6.12. The largest absolute Gasteiger partial charge is 0.449 e. The monoisotopic (exact) mass is 223 g/mol. The summed E-state index contributed by atoms with van der Waals surface area (Å²) in [4.78, 5) is 11.4. The summed E-state index contributed by atoms with van der Waals surface area (Å²) in [5.74, 6) is 0.304. The summed E-state index contributed by atoms with van der Waals surface area (Å²) >= 11 is 0. The van der Waals surface area contributed by atoms with Gasteiger partial charge in [-0.15, -0.1) is 0 Å². The van der Waals surface area contributed by atoms with E-state index >= 15 is 0 Å². The third-order valence-corrected chi connectivity index (χ3v) is 1.97. The number of aliphatic hydroxyl groups is 1. The molecular formula is C12H17NO3. The maximum atomic E-state index is 11.4. The molecule has 4 nitrogen and oxygen atoms in total. The van der Waals surface area contributed by atoms with E-state index in [9.17, 15) is 4.79 Å². The molecule has 1 aromatic rings. The summed E-state index contributed by atoms with van der Waals surface area (Å²) < 4.78 is 4.98. The summed E-state index contributed by atoms with van der Waals surface area (Å²) in [6.45, 7) is 4.21. The van der Waals surface area contributed by atoms with Gasteiger partial charge < -0.3 is 9.84 Å². The van der Waals surface area contributed by atoms with Crippen molar-refractivity contribution in [3.05, 3.63) is 29.8 Å². The fraction of sp³-hybridized carbons (Fsp3) is 0.417. The molecule has 1 amide bonds. The lowest BCUT2D eigenvalue weighted by Gasteiger charge is -2.10. The zero-order valence-corrected chi connectivity index (χ0v) is 9.56. The molecule has 2 N–H and O–H groups in total. The minimum Gasteiger partial charge on any atom is -0.449 e. The number of carbonyl (C=O) groups is 1. The van der Waals surface area contributed by atoms with Crippen molar-refractivity contribution in [2.45, 2.75) is 20.5 Å². The Kier molecular flexibility index (Phi) is 4.79. The minimum atomic E-state index is -0.491. The Morgan fingerprint density at radius 1 is 1.44 bits per heavy atom. The second-order valence-corrected chi connectivity index (χ2v) is 3.93. The molecule has 0 aliphatic rings. The first-order valence-electron chi connectivity index (χ1n) is 5.26. The zero-order valence-electron chi connectivity index (χ0n) is 9.56. The zero-order chi connectivity index (χ0) is 12.0. The Morgan fingerprint density at radius 2 is 2.12 bits per heavy atom. The topological polar surface area (TPSA) is 58.6 Å². The summed E-state index contributed by atoms with van der Waals surface area (Å²) in [6.07, 6.45) is -0.491. The molecule has 0 bridgehead atoms. The average molecular weight is 223 g/mol.